The number of halogens is 1. The van der Waals surface area contributed by atoms with Crippen molar-refractivity contribution in [3.8, 4) is 0 Å². The van der Waals surface area contributed by atoms with Gasteiger partial charge in [-0.2, -0.15) is 5.10 Å². The van der Waals surface area contributed by atoms with Crippen molar-refractivity contribution >= 4 is 40.4 Å². The number of para-hydroxylation sites is 1. The largest absolute Gasteiger partial charge is 0.444 e. The number of nitrogens with one attached hydrogen (secondary N) is 3. The molecule has 4 amide bonds. The van der Waals surface area contributed by atoms with Crippen molar-refractivity contribution in [1.29, 1.82) is 0 Å². The summed E-state index contributed by atoms with van der Waals surface area (Å²) in [6, 6.07) is 12.6. The van der Waals surface area contributed by atoms with Crippen molar-refractivity contribution in [3.05, 3.63) is 71.7 Å². The number of hydrazone groups is 1. The lowest BCUT2D eigenvalue weighted by Gasteiger charge is -2.41. The summed E-state index contributed by atoms with van der Waals surface area (Å²) in [7, 11) is 1.59. The lowest BCUT2D eigenvalue weighted by molar-refractivity contribution is -0.142. The van der Waals surface area contributed by atoms with E-state index in [1.165, 1.54) is 31.0 Å². The Morgan fingerprint density at radius 3 is 2.48 bits per heavy atom. The minimum absolute atomic E-state index is 0.0466. The molecule has 11 nitrogen and oxygen atoms in total. The molecule has 46 heavy (non-hydrogen) atoms. The fraction of sp³-hybridized carbons (Fsp3) is 0.441. The van der Waals surface area contributed by atoms with Gasteiger partial charge in [0.05, 0.1) is 5.71 Å². The third-order valence-electron chi connectivity index (χ3n) is 8.42. The van der Waals surface area contributed by atoms with E-state index >= 15 is 0 Å². The standard InChI is InChI=1S/C34H41FN6O5/c1-32(2,3)46-31(45)38-33(4,5)29(43)37-26(17-22-19-36-25-10-8-7-9-24(22)25)28(42)41-16-15-27-34(20-41,30(44)40(6)39-27)18-21-11-13-23(35)14-12-21/h7-14,19,26,36H,15-18,20H2,1-6H3,(H,37,43)(H,38,45)/t26-,34-/m1/s1. The van der Waals surface area contributed by atoms with E-state index in [9.17, 15) is 23.6 Å². The third-order valence-corrected chi connectivity index (χ3v) is 8.42. The minimum Gasteiger partial charge on any atom is -0.444 e. The highest BCUT2D eigenvalue weighted by molar-refractivity contribution is 6.13. The number of ether oxygens (including phenoxy) is 1. The molecule has 2 aromatic carbocycles. The minimum atomic E-state index is -1.42. The monoisotopic (exact) mass is 632 g/mol. The van der Waals surface area contributed by atoms with E-state index in [0.29, 0.717) is 18.7 Å². The average molecular weight is 633 g/mol. The quantitative estimate of drug-likeness (QED) is 0.346. The fourth-order valence-electron chi connectivity index (χ4n) is 6.12. The van der Waals surface area contributed by atoms with E-state index in [0.717, 1.165) is 22.0 Å². The van der Waals surface area contributed by atoms with Gasteiger partial charge in [-0.3, -0.25) is 14.4 Å². The van der Waals surface area contributed by atoms with Crippen LogP contribution in [0.1, 0.15) is 52.2 Å². The molecule has 12 heteroatoms. The van der Waals surface area contributed by atoms with Gasteiger partial charge in [-0.25, -0.2) is 14.2 Å². The van der Waals surface area contributed by atoms with Crippen LogP contribution in [0.5, 0.6) is 0 Å². The SMILES string of the molecule is CN1N=C2CCN(C(=O)[C@@H](Cc3c[nH]c4ccccc34)NC(=O)C(C)(C)NC(=O)OC(C)(C)C)C[C@@]2(Cc2ccc(F)cc2)C1=O. The smallest absolute Gasteiger partial charge is 0.408 e. The van der Waals surface area contributed by atoms with Gasteiger partial charge in [0.15, 0.2) is 0 Å². The second kappa shape index (κ2) is 12.2. The number of rotatable bonds is 8. The average Bonchev–Trinajstić information content (AvgIpc) is 3.49. The summed E-state index contributed by atoms with van der Waals surface area (Å²) < 4.78 is 19.0. The van der Waals surface area contributed by atoms with E-state index in [1.54, 1.807) is 44.9 Å². The molecule has 2 aliphatic heterocycles. The van der Waals surface area contributed by atoms with Crippen LogP contribution in [0.4, 0.5) is 9.18 Å². The molecule has 3 heterocycles. The van der Waals surface area contributed by atoms with Crippen molar-refractivity contribution in [2.45, 2.75) is 71.1 Å². The molecule has 0 bridgehead atoms. The van der Waals surface area contributed by atoms with Gasteiger partial charge in [0.25, 0.3) is 5.91 Å². The Labute approximate surface area is 267 Å². The molecular formula is C34H41FN6O5. The first-order valence-corrected chi connectivity index (χ1v) is 15.3. The number of aromatic nitrogens is 1. The van der Waals surface area contributed by atoms with Gasteiger partial charge >= 0.3 is 6.09 Å². The second-order valence-corrected chi connectivity index (χ2v) is 13.6. The van der Waals surface area contributed by atoms with Crippen molar-refractivity contribution in [2.24, 2.45) is 10.5 Å². The topological polar surface area (TPSA) is 136 Å². The van der Waals surface area contributed by atoms with E-state index in [1.807, 2.05) is 30.5 Å². The zero-order valence-electron chi connectivity index (χ0n) is 27.1. The van der Waals surface area contributed by atoms with E-state index in [-0.39, 0.29) is 37.0 Å². The Morgan fingerprint density at radius 2 is 1.78 bits per heavy atom. The molecule has 1 saturated heterocycles. The van der Waals surface area contributed by atoms with Crippen LogP contribution < -0.4 is 10.6 Å². The molecule has 1 fully saturated rings. The van der Waals surface area contributed by atoms with Crippen LogP contribution in [0.3, 0.4) is 0 Å². The Morgan fingerprint density at radius 1 is 1.09 bits per heavy atom. The Kier molecular flexibility index (Phi) is 8.67. The highest BCUT2D eigenvalue weighted by Crippen LogP contribution is 2.38. The number of H-pyrrole nitrogens is 1. The number of likely N-dealkylation sites (tertiary alicyclic amines) is 1. The molecule has 0 unspecified atom stereocenters. The molecule has 0 radical (unpaired) electrons. The Bertz CT molecular complexity index is 1690. The van der Waals surface area contributed by atoms with Gasteiger partial charge in [0.1, 0.15) is 28.4 Å². The summed E-state index contributed by atoms with van der Waals surface area (Å²) in [5, 5.41) is 12.2. The van der Waals surface area contributed by atoms with E-state index in [4.69, 9.17) is 4.74 Å². The Hall–Kier alpha value is -4.74. The first-order valence-electron chi connectivity index (χ1n) is 15.3. The number of amides is 4. The van der Waals surface area contributed by atoms with Crippen LogP contribution in [-0.2, 0) is 32.0 Å². The summed E-state index contributed by atoms with van der Waals surface area (Å²) in [6.45, 7) is 8.58. The maximum absolute atomic E-state index is 14.4. The van der Waals surface area contributed by atoms with Gasteiger partial charge in [0, 0.05) is 50.1 Å². The van der Waals surface area contributed by atoms with Crippen LogP contribution >= 0.6 is 0 Å². The molecule has 5 rings (SSSR count). The fourth-order valence-corrected chi connectivity index (χ4v) is 6.12. The lowest BCUT2D eigenvalue weighted by Crippen LogP contribution is -2.62. The number of carbonyl (C=O) groups is 4. The molecule has 3 aromatic rings. The number of hydrogen-bond acceptors (Lipinski definition) is 6. The molecule has 0 spiro atoms. The number of benzene rings is 2. The van der Waals surface area contributed by atoms with Gasteiger partial charge in [-0.05, 0) is 70.4 Å². The summed E-state index contributed by atoms with van der Waals surface area (Å²) in [5.74, 6) is -1.57. The first kappa shape index (κ1) is 32.6. The van der Waals surface area contributed by atoms with Crippen molar-refractivity contribution in [1.82, 2.24) is 25.5 Å². The molecule has 2 atom stereocenters. The van der Waals surface area contributed by atoms with Crippen molar-refractivity contribution < 1.29 is 28.3 Å². The third kappa shape index (κ3) is 6.75. The number of aromatic amines is 1. The normalized spacial score (nSPS) is 19.0. The van der Waals surface area contributed by atoms with Gasteiger partial charge in [-0.1, -0.05) is 30.3 Å². The van der Waals surface area contributed by atoms with Crippen LogP contribution in [-0.4, -0.2) is 81.7 Å². The van der Waals surface area contributed by atoms with Crippen LogP contribution in [0.2, 0.25) is 0 Å². The molecule has 1 aromatic heterocycles. The highest BCUT2D eigenvalue weighted by Gasteiger charge is 2.54. The maximum atomic E-state index is 14.4. The summed E-state index contributed by atoms with van der Waals surface area (Å²) in [4.78, 5) is 59.2. The van der Waals surface area contributed by atoms with Gasteiger partial charge in [0.2, 0.25) is 11.8 Å². The van der Waals surface area contributed by atoms with Crippen molar-refractivity contribution in [2.75, 3.05) is 20.1 Å². The summed E-state index contributed by atoms with van der Waals surface area (Å²) >= 11 is 0. The summed E-state index contributed by atoms with van der Waals surface area (Å²) in [5.41, 5.74) is -0.178. The van der Waals surface area contributed by atoms with E-state index < -0.39 is 34.6 Å². The van der Waals surface area contributed by atoms with Crippen LogP contribution in [0.15, 0.2) is 59.8 Å². The molecule has 244 valence electrons. The number of piperidine rings is 1. The van der Waals surface area contributed by atoms with Gasteiger partial charge < -0.3 is 25.3 Å². The molecule has 2 aliphatic rings. The van der Waals surface area contributed by atoms with Gasteiger partial charge in [-0.15, -0.1) is 0 Å². The predicted octanol–water partition coefficient (Wildman–Crippen LogP) is 3.93. The highest BCUT2D eigenvalue weighted by atomic mass is 19.1. The number of hydrogen-bond donors (Lipinski definition) is 3. The number of alkyl carbamates (subject to hydrolysis) is 1. The van der Waals surface area contributed by atoms with Crippen LogP contribution in [0.25, 0.3) is 10.9 Å². The predicted molar refractivity (Wildman–Crippen MR) is 171 cm³/mol. The molecule has 0 saturated carbocycles. The van der Waals surface area contributed by atoms with Crippen LogP contribution in [0, 0.1) is 11.2 Å². The lowest BCUT2D eigenvalue weighted by atomic mass is 9.73. The summed E-state index contributed by atoms with van der Waals surface area (Å²) in [6.07, 6.45) is 1.82. The molecule has 3 N–H and O–H groups in total. The number of fused-ring (bicyclic) bond motifs is 2. The molecule has 0 aliphatic carbocycles. The number of nitrogens with zero attached hydrogens (tertiary/aromatic N) is 3. The second-order valence-electron chi connectivity index (χ2n) is 13.6. The zero-order valence-corrected chi connectivity index (χ0v) is 27.1. The number of carbonyl (C=O) groups excluding carboxylic acids is 4. The van der Waals surface area contributed by atoms with Crippen molar-refractivity contribution in [3.63, 3.8) is 0 Å². The maximum Gasteiger partial charge on any atom is 0.408 e. The first-order chi connectivity index (χ1) is 21.6. The Balaban J connectivity index is 1.43. The van der Waals surface area contributed by atoms with E-state index in [2.05, 4.69) is 20.7 Å². The molecular weight excluding hydrogens is 591 g/mol. The zero-order chi connectivity index (χ0) is 33.4.